The minimum Gasteiger partial charge on any atom is -0.459 e. The van der Waals surface area contributed by atoms with Crippen LogP contribution in [0, 0.1) is 0 Å². The van der Waals surface area contributed by atoms with Gasteiger partial charge in [0.2, 0.25) is 5.91 Å². The van der Waals surface area contributed by atoms with Gasteiger partial charge in [0.05, 0.1) is 24.1 Å². The van der Waals surface area contributed by atoms with Crippen LogP contribution in [0.2, 0.25) is 0 Å². The van der Waals surface area contributed by atoms with Crippen molar-refractivity contribution in [3.63, 3.8) is 0 Å². The first-order valence-electron chi connectivity index (χ1n) is 10.5. The van der Waals surface area contributed by atoms with Crippen LogP contribution < -0.4 is 0 Å². The summed E-state index contributed by atoms with van der Waals surface area (Å²) in [6, 6.07) is 10.3. The molecule has 32 heavy (non-hydrogen) atoms. The normalized spacial score (nSPS) is 18.4. The zero-order valence-electron chi connectivity index (χ0n) is 17.3. The van der Waals surface area contributed by atoms with Gasteiger partial charge in [0.1, 0.15) is 0 Å². The number of furan rings is 2. The van der Waals surface area contributed by atoms with E-state index < -0.39 is 5.92 Å². The highest BCUT2D eigenvalue weighted by Gasteiger charge is 2.38. The quantitative estimate of drug-likeness (QED) is 0.625. The molecule has 3 aromatic rings. The van der Waals surface area contributed by atoms with Gasteiger partial charge >= 0.3 is 0 Å². The Bertz CT molecular complexity index is 1120. The molecule has 0 aliphatic carbocycles. The zero-order valence-corrected chi connectivity index (χ0v) is 17.3. The Morgan fingerprint density at radius 2 is 1.44 bits per heavy atom. The Labute approximate surface area is 184 Å². The number of piperazine rings is 1. The summed E-state index contributed by atoms with van der Waals surface area (Å²) in [5.41, 5.74) is 1.55. The summed E-state index contributed by atoms with van der Waals surface area (Å²) < 4.78 is 10.5. The molecular weight excluding hydrogens is 412 g/mol. The molecule has 0 bridgehead atoms. The number of pyridine rings is 1. The number of nitrogens with zero attached hydrogens (tertiary/aromatic N) is 4. The van der Waals surface area contributed by atoms with Gasteiger partial charge in [0.25, 0.3) is 11.8 Å². The van der Waals surface area contributed by atoms with Crippen molar-refractivity contribution < 1.29 is 23.2 Å². The van der Waals surface area contributed by atoms with Crippen LogP contribution >= 0.6 is 0 Å². The predicted molar refractivity (Wildman–Crippen MR) is 112 cm³/mol. The van der Waals surface area contributed by atoms with Crippen LogP contribution in [0.25, 0.3) is 0 Å². The fraction of sp³-hybridized carbons (Fsp3) is 0.304. The lowest BCUT2D eigenvalue weighted by atomic mass is 9.93. The lowest BCUT2D eigenvalue weighted by molar-refractivity contribution is -0.135. The first-order chi connectivity index (χ1) is 15.6. The van der Waals surface area contributed by atoms with E-state index in [9.17, 15) is 14.4 Å². The molecule has 3 aromatic heterocycles. The second-order valence-corrected chi connectivity index (χ2v) is 7.86. The van der Waals surface area contributed by atoms with E-state index in [1.54, 1.807) is 51.2 Å². The summed E-state index contributed by atoms with van der Waals surface area (Å²) in [5, 5.41) is 0. The standard InChI is InChI=1S/C23H22N4O5/c28-21(25-8-10-26(11-9-25)22(29)18-5-2-12-31-18)17-15-27(23(30)19-6-3-13-32-19)14-16-4-1-7-24-20(16)17/h1-7,12-13,17H,8-11,14-15H2. The van der Waals surface area contributed by atoms with Crippen LogP contribution in [0.3, 0.4) is 0 Å². The lowest BCUT2D eigenvalue weighted by Gasteiger charge is -2.39. The van der Waals surface area contributed by atoms with Crippen molar-refractivity contribution in [1.82, 2.24) is 19.7 Å². The maximum absolute atomic E-state index is 13.5. The Kier molecular flexibility index (Phi) is 5.22. The predicted octanol–water partition coefficient (Wildman–Crippen LogP) is 1.99. The molecule has 1 saturated heterocycles. The van der Waals surface area contributed by atoms with E-state index in [4.69, 9.17) is 8.83 Å². The molecule has 0 N–H and O–H groups in total. The van der Waals surface area contributed by atoms with E-state index in [1.165, 1.54) is 12.5 Å². The van der Waals surface area contributed by atoms with Gasteiger partial charge in [-0.1, -0.05) is 6.07 Å². The van der Waals surface area contributed by atoms with Gasteiger partial charge in [-0.05, 0) is 35.9 Å². The Morgan fingerprint density at radius 3 is 2.06 bits per heavy atom. The van der Waals surface area contributed by atoms with E-state index in [1.807, 2.05) is 6.07 Å². The van der Waals surface area contributed by atoms with E-state index in [2.05, 4.69) is 4.98 Å². The first kappa shape index (κ1) is 20.0. The third-order valence-electron chi connectivity index (χ3n) is 5.95. The minimum absolute atomic E-state index is 0.0907. The number of fused-ring (bicyclic) bond motifs is 1. The van der Waals surface area contributed by atoms with Crippen molar-refractivity contribution >= 4 is 17.7 Å². The van der Waals surface area contributed by atoms with Crippen molar-refractivity contribution in [1.29, 1.82) is 0 Å². The maximum atomic E-state index is 13.5. The molecule has 9 nitrogen and oxygen atoms in total. The highest BCUT2D eigenvalue weighted by molar-refractivity contribution is 5.93. The SMILES string of the molecule is O=C(c1ccco1)N1CCN(C(=O)C2CN(C(=O)c3ccco3)Cc3cccnc32)CC1. The molecule has 1 fully saturated rings. The molecule has 0 aromatic carbocycles. The second-order valence-electron chi connectivity index (χ2n) is 7.86. The summed E-state index contributed by atoms with van der Waals surface area (Å²) in [6.07, 6.45) is 4.60. The summed E-state index contributed by atoms with van der Waals surface area (Å²) in [5.74, 6) is -0.549. The van der Waals surface area contributed by atoms with Crippen molar-refractivity contribution in [3.05, 3.63) is 77.9 Å². The number of hydrogen-bond acceptors (Lipinski definition) is 6. The molecule has 9 heteroatoms. The van der Waals surface area contributed by atoms with Crippen molar-refractivity contribution in [2.45, 2.75) is 12.5 Å². The number of amides is 3. The van der Waals surface area contributed by atoms with E-state index in [-0.39, 0.29) is 30.0 Å². The zero-order chi connectivity index (χ0) is 22.1. The molecule has 1 unspecified atom stereocenters. The Morgan fingerprint density at radius 1 is 0.812 bits per heavy atom. The van der Waals surface area contributed by atoms with Crippen LogP contribution in [0.5, 0.6) is 0 Å². The first-order valence-corrected chi connectivity index (χ1v) is 10.5. The van der Waals surface area contributed by atoms with Gasteiger partial charge in [-0.15, -0.1) is 0 Å². The van der Waals surface area contributed by atoms with E-state index >= 15 is 0 Å². The highest BCUT2D eigenvalue weighted by atomic mass is 16.3. The number of carbonyl (C=O) groups excluding carboxylic acids is 3. The average molecular weight is 434 g/mol. The number of rotatable bonds is 3. The molecule has 2 aliphatic heterocycles. The van der Waals surface area contributed by atoms with Crippen LogP contribution in [0.1, 0.15) is 38.3 Å². The van der Waals surface area contributed by atoms with E-state index in [0.717, 1.165) is 5.56 Å². The fourth-order valence-corrected chi connectivity index (χ4v) is 4.29. The second kappa shape index (κ2) is 8.33. The molecule has 3 amide bonds. The van der Waals surface area contributed by atoms with Gasteiger partial charge in [0, 0.05) is 45.5 Å². The number of aromatic nitrogens is 1. The molecule has 5 heterocycles. The largest absolute Gasteiger partial charge is 0.459 e. The monoisotopic (exact) mass is 434 g/mol. The summed E-state index contributed by atoms with van der Waals surface area (Å²) in [4.78, 5) is 48.4. The van der Waals surface area contributed by atoms with Gasteiger partial charge in [0.15, 0.2) is 11.5 Å². The van der Waals surface area contributed by atoms with Gasteiger partial charge < -0.3 is 23.5 Å². The third kappa shape index (κ3) is 3.66. The van der Waals surface area contributed by atoms with Gasteiger partial charge in [-0.25, -0.2) is 0 Å². The molecule has 5 rings (SSSR count). The Balaban J connectivity index is 1.31. The summed E-state index contributed by atoms with van der Waals surface area (Å²) in [6.45, 7) is 2.27. The van der Waals surface area contributed by atoms with Crippen LogP contribution in [0.15, 0.2) is 64.0 Å². The van der Waals surface area contributed by atoms with E-state index in [0.29, 0.717) is 44.2 Å². The summed E-state index contributed by atoms with van der Waals surface area (Å²) >= 11 is 0. The minimum atomic E-state index is -0.564. The van der Waals surface area contributed by atoms with Crippen LogP contribution in [0.4, 0.5) is 0 Å². The van der Waals surface area contributed by atoms with Crippen LogP contribution in [-0.2, 0) is 11.3 Å². The lowest BCUT2D eigenvalue weighted by Crippen LogP contribution is -2.53. The van der Waals surface area contributed by atoms with Crippen LogP contribution in [-0.4, -0.2) is 70.1 Å². The van der Waals surface area contributed by atoms with Gasteiger partial charge in [-0.2, -0.15) is 0 Å². The highest BCUT2D eigenvalue weighted by Crippen LogP contribution is 2.29. The third-order valence-corrected chi connectivity index (χ3v) is 5.95. The molecule has 2 aliphatic rings. The average Bonchev–Trinajstić information content (AvgIpc) is 3.57. The van der Waals surface area contributed by atoms with Crippen molar-refractivity contribution in [3.8, 4) is 0 Å². The van der Waals surface area contributed by atoms with Crippen molar-refractivity contribution in [2.75, 3.05) is 32.7 Å². The molecule has 164 valence electrons. The molecule has 0 saturated carbocycles. The molecule has 1 atom stereocenters. The number of hydrogen-bond donors (Lipinski definition) is 0. The fourth-order valence-electron chi connectivity index (χ4n) is 4.29. The topological polar surface area (TPSA) is 100 Å². The van der Waals surface area contributed by atoms with Crippen molar-refractivity contribution in [2.24, 2.45) is 0 Å². The molecule has 0 radical (unpaired) electrons. The number of carbonyl (C=O) groups is 3. The summed E-state index contributed by atoms with van der Waals surface area (Å²) in [7, 11) is 0. The maximum Gasteiger partial charge on any atom is 0.289 e. The molecule has 0 spiro atoms. The smallest absolute Gasteiger partial charge is 0.289 e. The van der Waals surface area contributed by atoms with Gasteiger partial charge in [-0.3, -0.25) is 19.4 Å². The molecular formula is C23H22N4O5. The Hall–Kier alpha value is -3.88.